The summed E-state index contributed by atoms with van der Waals surface area (Å²) in [7, 11) is 0. The fourth-order valence-electron chi connectivity index (χ4n) is 2.26. The van der Waals surface area contributed by atoms with Crippen molar-refractivity contribution in [1.29, 1.82) is 0 Å². The summed E-state index contributed by atoms with van der Waals surface area (Å²) in [6, 6.07) is 3.40. The highest BCUT2D eigenvalue weighted by molar-refractivity contribution is 6.11. The first-order valence-corrected chi connectivity index (χ1v) is 8.49. The first-order chi connectivity index (χ1) is 12.1. The van der Waals surface area contributed by atoms with Crippen molar-refractivity contribution >= 4 is 17.3 Å². The fourth-order valence-corrected chi connectivity index (χ4v) is 2.26. The molecule has 6 nitrogen and oxygen atoms in total. The van der Waals surface area contributed by atoms with Gasteiger partial charge in [0.15, 0.2) is 0 Å². The monoisotopic (exact) mass is 354 g/mol. The number of aliphatic hydroxyl groups is 1. The second-order valence-corrected chi connectivity index (χ2v) is 6.91. The van der Waals surface area contributed by atoms with Crippen molar-refractivity contribution in [1.82, 2.24) is 15.3 Å². The van der Waals surface area contributed by atoms with Crippen molar-refractivity contribution in [3.8, 4) is 0 Å². The van der Waals surface area contributed by atoms with Crippen LogP contribution < -0.4 is 5.32 Å². The molecule has 3 N–H and O–H groups in total. The molecule has 0 fully saturated rings. The van der Waals surface area contributed by atoms with Crippen LogP contribution in [0.5, 0.6) is 0 Å². The van der Waals surface area contributed by atoms with Gasteiger partial charge in [-0.1, -0.05) is 6.58 Å². The molecule has 1 atom stereocenters. The van der Waals surface area contributed by atoms with Gasteiger partial charge in [0.05, 0.1) is 28.6 Å². The molecule has 26 heavy (non-hydrogen) atoms. The third kappa shape index (κ3) is 4.46. The van der Waals surface area contributed by atoms with E-state index in [9.17, 15) is 9.90 Å². The van der Waals surface area contributed by atoms with Gasteiger partial charge in [-0.15, -0.1) is 0 Å². The number of amides is 1. The average molecular weight is 354 g/mol. The number of allylic oxidation sites excluding steroid dienone is 1. The molecule has 0 aromatic carbocycles. The van der Waals surface area contributed by atoms with Gasteiger partial charge in [0.1, 0.15) is 0 Å². The number of hydrogen-bond acceptors (Lipinski definition) is 4. The molecule has 2 heterocycles. The Morgan fingerprint density at radius 1 is 1.42 bits per heavy atom. The first kappa shape index (κ1) is 19.6. The Morgan fingerprint density at radius 3 is 2.65 bits per heavy atom. The lowest BCUT2D eigenvalue weighted by Crippen LogP contribution is -2.47. The maximum atomic E-state index is 12.6. The van der Waals surface area contributed by atoms with Crippen LogP contribution in [0.3, 0.4) is 0 Å². The van der Waals surface area contributed by atoms with E-state index in [0.29, 0.717) is 17.0 Å². The summed E-state index contributed by atoms with van der Waals surface area (Å²) in [5.41, 5.74) is 3.07. The first-order valence-electron chi connectivity index (χ1n) is 8.49. The lowest BCUT2D eigenvalue weighted by Gasteiger charge is -2.26. The predicted octanol–water partition coefficient (Wildman–Crippen LogP) is 3.22. The Kier molecular flexibility index (Phi) is 5.77. The lowest BCUT2D eigenvalue weighted by atomic mass is 10.0. The topological polar surface area (TPSA) is 90.4 Å². The van der Waals surface area contributed by atoms with E-state index in [1.54, 1.807) is 39.2 Å². The number of rotatable bonds is 6. The second-order valence-electron chi connectivity index (χ2n) is 6.91. The number of carbonyl (C=O) groups is 1. The molecule has 0 radical (unpaired) electrons. The maximum Gasteiger partial charge on any atom is 0.255 e. The normalized spacial score (nSPS) is 13.4. The number of H-pyrrole nitrogens is 1. The zero-order chi connectivity index (χ0) is 19.5. The van der Waals surface area contributed by atoms with Gasteiger partial charge in [-0.25, -0.2) is 4.99 Å². The number of nitrogens with one attached hydrogen (secondary N) is 2. The molecule has 138 valence electrons. The van der Waals surface area contributed by atoms with Crippen LogP contribution in [0.4, 0.5) is 5.69 Å². The van der Waals surface area contributed by atoms with Crippen LogP contribution in [-0.2, 0) is 0 Å². The summed E-state index contributed by atoms with van der Waals surface area (Å²) in [5.74, 6) is -0.298. The van der Waals surface area contributed by atoms with E-state index >= 15 is 0 Å². The minimum Gasteiger partial charge on any atom is -0.388 e. The molecule has 6 heteroatoms. The van der Waals surface area contributed by atoms with Gasteiger partial charge in [-0.3, -0.25) is 9.78 Å². The molecule has 2 rings (SSSR count). The number of aryl methyl sites for hydroxylation is 2. The van der Waals surface area contributed by atoms with Crippen LogP contribution in [0.25, 0.3) is 0 Å². The van der Waals surface area contributed by atoms with Gasteiger partial charge in [-0.05, 0) is 52.8 Å². The van der Waals surface area contributed by atoms with Gasteiger partial charge >= 0.3 is 0 Å². The Labute approximate surface area is 154 Å². The number of hydrogen-bond donors (Lipinski definition) is 3. The molecule has 0 aliphatic carbocycles. The molecule has 1 amide bonds. The number of aromatic amines is 1. The predicted molar refractivity (Wildman–Crippen MR) is 104 cm³/mol. The number of pyridine rings is 1. The summed E-state index contributed by atoms with van der Waals surface area (Å²) < 4.78 is 0. The molecule has 0 aliphatic heterocycles. The molecule has 2 aromatic rings. The summed E-state index contributed by atoms with van der Waals surface area (Å²) in [6.45, 7) is 12.6. The zero-order valence-electron chi connectivity index (χ0n) is 15.9. The highest BCUT2D eigenvalue weighted by Crippen LogP contribution is 2.25. The smallest absolute Gasteiger partial charge is 0.255 e. The van der Waals surface area contributed by atoms with Crippen molar-refractivity contribution in [3.63, 3.8) is 0 Å². The van der Waals surface area contributed by atoms with Crippen LogP contribution in [0.2, 0.25) is 0 Å². The standard InChI is InChI=1S/C20H26N4O2/c1-7-17(15-9-8-12(2)21-10-15)24-18-13(3)22-11-16(18)19(25)23-14(4)20(5,6)26/h7-11,14,22,26H,1H2,2-6H3,(H,23,25)/t14-/m0/s1. The number of nitrogens with zero attached hydrogens (tertiary/aromatic N) is 2. The van der Waals surface area contributed by atoms with E-state index in [-0.39, 0.29) is 5.91 Å². The summed E-state index contributed by atoms with van der Waals surface area (Å²) in [6.07, 6.45) is 4.99. The Hall–Kier alpha value is -2.73. The average Bonchev–Trinajstić information content (AvgIpc) is 2.93. The number of aliphatic imine (C=N–C) groups is 1. The molecule has 0 spiro atoms. The second kappa shape index (κ2) is 7.66. The molecule has 0 unspecified atom stereocenters. The van der Waals surface area contributed by atoms with Crippen LogP contribution in [-0.4, -0.2) is 38.3 Å². The third-order valence-electron chi connectivity index (χ3n) is 4.33. The van der Waals surface area contributed by atoms with E-state index in [1.165, 1.54) is 0 Å². The summed E-state index contributed by atoms with van der Waals surface area (Å²) in [5, 5.41) is 12.9. The molecular weight excluding hydrogens is 328 g/mol. The quantitative estimate of drug-likeness (QED) is 0.696. The van der Waals surface area contributed by atoms with Gasteiger partial charge in [0, 0.05) is 29.3 Å². The van der Waals surface area contributed by atoms with E-state index < -0.39 is 11.6 Å². The van der Waals surface area contributed by atoms with Crippen molar-refractivity contribution < 1.29 is 9.90 Å². The highest BCUT2D eigenvalue weighted by Gasteiger charge is 2.26. The minimum atomic E-state index is -1.02. The highest BCUT2D eigenvalue weighted by atomic mass is 16.3. The fraction of sp³-hybridized carbons (Fsp3) is 0.350. The third-order valence-corrected chi connectivity index (χ3v) is 4.33. The van der Waals surface area contributed by atoms with Crippen molar-refractivity contribution in [3.05, 3.63) is 59.7 Å². The van der Waals surface area contributed by atoms with Gasteiger partial charge in [0.25, 0.3) is 5.91 Å². The van der Waals surface area contributed by atoms with Crippen molar-refractivity contribution in [2.24, 2.45) is 4.99 Å². The van der Waals surface area contributed by atoms with Crippen molar-refractivity contribution in [2.75, 3.05) is 0 Å². The van der Waals surface area contributed by atoms with Gasteiger partial charge < -0.3 is 15.4 Å². The Morgan fingerprint density at radius 2 is 2.12 bits per heavy atom. The minimum absolute atomic E-state index is 0.298. The SMILES string of the molecule is C=CC(=Nc1c(C(=O)N[C@@H](C)C(C)(C)O)c[nH]c1C)c1ccc(C)nc1. The van der Waals surface area contributed by atoms with E-state index in [2.05, 4.69) is 26.9 Å². The van der Waals surface area contributed by atoms with Crippen LogP contribution in [0.15, 0.2) is 42.2 Å². The van der Waals surface area contributed by atoms with E-state index in [0.717, 1.165) is 17.0 Å². The molecule has 0 saturated carbocycles. The summed E-state index contributed by atoms with van der Waals surface area (Å²) >= 11 is 0. The zero-order valence-corrected chi connectivity index (χ0v) is 15.9. The van der Waals surface area contributed by atoms with E-state index in [4.69, 9.17) is 0 Å². The Bertz CT molecular complexity index is 826. The maximum absolute atomic E-state index is 12.6. The van der Waals surface area contributed by atoms with Gasteiger partial charge in [-0.2, -0.15) is 0 Å². The van der Waals surface area contributed by atoms with Crippen LogP contribution in [0.1, 0.15) is 48.1 Å². The van der Waals surface area contributed by atoms with Crippen LogP contribution in [0, 0.1) is 13.8 Å². The largest absolute Gasteiger partial charge is 0.388 e. The van der Waals surface area contributed by atoms with Gasteiger partial charge in [0.2, 0.25) is 0 Å². The molecule has 0 bridgehead atoms. The van der Waals surface area contributed by atoms with Crippen LogP contribution >= 0.6 is 0 Å². The molecule has 2 aromatic heterocycles. The molecule has 0 saturated heterocycles. The molecular formula is C20H26N4O2. The summed E-state index contributed by atoms with van der Waals surface area (Å²) in [4.78, 5) is 24.6. The Balaban J connectivity index is 2.38. The number of carbonyl (C=O) groups excluding carboxylic acids is 1. The molecule has 0 aliphatic rings. The lowest BCUT2D eigenvalue weighted by molar-refractivity contribution is 0.0409. The van der Waals surface area contributed by atoms with Crippen molar-refractivity contribution in [2.45, 2.75) is 46.3 Å². The van der Waals surface area contributed by atoms with E-state index in [1.807, 2.05) is 26.0 Å². The number of aromatic nitrogens is 2.